The number of esters is 2. The summed E-state index contributed by atoms with van der Waals surface area (Å²) < 4.78 is 40.9. The second-order valence-corrected chi connectivity index (χ2v) is 24.5. The Morgan fingerprint density at radius 2 is 0.786 bits per heavy atom. The van der Waals surface area contributed by atoms with Gasteiger partial charge in [0.05, 0.1) is 26.9 Å². The highest BCUT2D eigenvalue weighted by Gasteiger charge is 2.62. The second-order valence-electron chi connectivity index (χ2n) is 21.4. The summed E-state index contributed by atoms with van der Waals surface area (Å²) >= 11 is 1.75. The Morgan fingerprint density at radius 3 is 1.00 bits per heavy atom. The van der Waals surface area contributed by atoms with Crippen molar-refractivity contribution in [3.63, 3.8) is 0 Å². The Labute approximate surface area is 429 Å². The number of ether oxygens (including phenoxy) is 5. The third-order valence-corrected chi connectivity index (χ3v) is 11.4. The molecule has 0 N–H and O–H groups in total. The maximum absolute atomic E-state index is 11.3. The summed E-state index contributed by atoms with van der Waals surface area (Å²) in [5, 5.41) is 0. The van der Waals surface area contributed by atoms with E-state index in [4.69, 9.17) is 4.74 Å². The Balaban J connectivity index is 0. The van der Waals surface area contributed by atoms with Crippen molar-refractivity contribution in [1.82, 2.24) is 0 Å². The molecule has 0 aromatic heterocycles. The van der Waals surface area contributed by atoms with Crippen molar-refractivity contribution in [2.45, 2.75) is 146 Å². The largest absolute Gasteiger partial charge is 0.507 e. The van der Waals surface area contributed by atoms with Crippen LogP contribution in [0.5, 0.6) is 0 Å². The topological polar surface area (TPSA) is 149 Å². The van der Waals surface area contributed by atoms with E-state index in [-0.39, 0.29) is 23.1 Å². The van der Waals surface area contributed by atoms with Gasteiger partial charge in [0, 0.05) is 44.6 Å². The van der Waals surface area contributed by atoms with E-state index in [0.29, 0.717) is 27.2 Å². The maximum Gasteiger partial charge on any atom is 0.507 e. The summed E-state index contributed by atoms with van der Waals surface area (Å²) in [6.07, 6.45) is 16.0. The number of methoxy groups -OCH3 is 4. The van der Waals surface area contributed by atoms with Crippen molar-refractivity contribution in [3.8, 4) is 11.1 Å². The maximum atomic E-state index is 11.3. The van der Waals surface area contributed by atoms with E-state index in [1.165, 1.54) is 109 Å². The van der Waals surface area contributed by atoms with Gasteiger partial charge in [0.15, 0.2) is 0 Å². The number of sulfone groups is 1. The predicted octanol–water partition coefficient (Wildman–Crippen LogP) is 14.0. The molecule has 0 radical (unpaired) electrons. The molecule has 13 heteroatoms. The van der Waals surface area contributed by atoms with Crippen LogP contribution in [-0.2, 0) is 54.1 Å². The van der Waals surface area contributed by atoms with Crippen LogP contribution >= 0.6 is 11.8 Å². The SMILES string of the molecule is CC(C)=O.CC1(C)OC(=O)c2ccccc21.CC1(C)c2ccccc2-c2ccccc21.CC12CC3(C)CC(C)(C1)CC(C)(C2)C3.CCC.COC.COC(=O)OC.COC(C)=O.CS(C)(=O)=O.CSC. The number of rotatable bonds is 0. The molecule has 3 aromatic carbocycles. The fraction of sp³-hybridized carbons (Fsp3) is 0.614. The molecule has 0 spiro atoms. The quantitative estimate of drug-likeness (QED) is 0.156. The molecule has 70 heavy (non-hydrogen) atoms. The highest BCUT2D eigenvalue weighted by molar-refractivity contribution is 7.97. The smallest absolute Gasteiger partial charge is 0.469 e. The lowest BCUT2D eigenvalue weighted by Gasteiger charge is -2.68. The zero-order valence-corrected chi connectivity index (χ0v) is 48.8. The zero-order chi connectivity index (χ0) is 55.0. The molecular formula is C57H92O11S2. The number of hydrogen-bond donors (Lipinski definition) is 0. The fourth-order valence-electron chi connectivity index (χ4n) is 11.2. The van der Waals surface area contributed by atoms with Gasteiger partial charge in [0.1, 0.15) is 21.2 Å². The molecule has 0 unspecified atom stereocenters. The summed E-state index contributed by atoms with van der Waals surface area (Å²) in [4.78, 5) is 40.0. The second kappa shape index (κ2) is 30.6. The van der Waals surface area contributed by atoms with Gasteiger partial charge in [-0.2, -0.15) is 11.8 Å². The van der Waals surface area contributed by atoms with E-state index in [0.717, 1.165) is 18.1 Å². The average molecular weight is 1020 g/mol. The van der Waals surface area contributed by atoms with Gasteiger partial charge in [0.25, 0.3) is 0 Å². The monoisotopic (exact) mass is 1020 g/mol. The first-order chi connectivity index (χ1) is 32.1. The van der Waals surface area contributed by atoms with Crippen LogP contribution in [0.4, 0.5) is 4.79 Å². The number of carbonyl (C=O) groups excluding carboxylic acids is 4. The van der Waals surface area contributed by atoms with Crippen molar-refractivity contribution in [2.24, 2.45) is 21.7 Å². The highest BCUT2D eigenvalue weighted by atomic mass is 32.2. The Hall–Kier alpha value is -4.20. The standard InChI is InChI=1S/C15H14.C14H24.C10H10O2.C3H6O3.C3H6O2.C3H6O.C3H8.C2H6O2S.C2H6O.C2H6S/c1-15(2)13-9-5-3-7-11(13)12-8-4-6-10-14(12)15;1-11-5-12(2)8-13(3,6-11)10-14(4,7-11)9-12;1-10(2)8-6-4-3-5-7(8)9(11)12-10;1-5-3(4)6-2;1-3(4)5-2;1-3(2)4;1-3-2;1-5(2,3)4;2*1-3-2/h3-10H,1-2H3;5-10H2,1-4H3;3-6H,1-2H3;1-2H3;1-2H3;1-2H3;3H2,1-2H3;1-2H3;2*1-2H3. The lowest BCUT2D eigenvalue weighted by Crippen LogP contribution is -2.57. The molecular weight excluding hydrogens is 925 g/mol. The molecule has 0 amide bonds. The van der Waals surface area contributed by atoms with Crippen LogP contribution in [-0.4, -0.2) is 92.9 Å². The van der Waals surface area contributed by atoms with Gasteiger partial charge in [-0.15, -0.1) is 0 Å². The molecule has 6 aliphatic rings. The zero-order valence-electron chi connectivity index (χ0n) is 47.2. The van der Waals surface area contributed by atoms with Gasteiger partial charge >= 0.3 is 18.1 Å². The van der Waals surface area contributed by atoms with Crippen LogP contribution in [0.15, 0.2) is 72.8 Å². The molecule has 0 atom stereocenters. The van der Waals surface area contributed by atoms with Crippen molar-refractivity contribution >= 4 is 45.5 Å². The van der Waals surface area contributed by atoms with Crippen LogP contribution in [0.2, 0.25) is 0 Å². The van der Waals surface area contributed by atoms with Gasteiger partial charge in [-0.1, -0.05) is 129 Å². The molecule has 4 saturated carbocycles. The molecule has 4 bridgehead atoms. The summed E-state index contributed by atoms with van der Waals surface area (Å²) in [5.41, 5.74) is 9.84. The minimum atomic E-state index is -2.67. The molecule has 1 heterocycles. The van der Waals surface area contributed by atoms with E-state index < -0.39 is 21.6 Å². The van der Waals surface area contributed by atoms with E-state index in [1.54, 1.807) is 32.0 Å². The molecule has 1 aliphatic heterocycles. The van der Waals surface area contributed by atoms with Crippen molar-refractivity contribution in [2.75, 3.05) is 60.6 Å². The van der Waals surface area contributed by atoms with Crippen LogP contribution in [0.3, 0.4) is 0 Å². The molecule has 5 aliphatic carbocycles. The number of thioether (sulfide) groups is 1. The predicted molar refractivity (Wildman–Crippen MR) is 292 cm³/mol. The molecule has 3 aromatic rings. The number of cyclic esters (lactones) is 1. The summed E-state index contributed by atoms with van der Waals surface area (Å²) in [7, 11) is 4.44. The van der Waals surface area contributed by atoms with Crippen LogP contribution in [0.25, 0.3) is 11.1 Å². The Bertz CT molecular complexity index is 2010. The number of Topliss-reactive ketones (excluding diaryl/α,β-unsaturated/α-hetero) is 1. The van der Waals surface area contributed by atoms with E-state index in [9.17, 15) is 27.6 Å². The normalized spacial score (nSPS) is 22.9. The molecule has 398 valence electrons. The number of fused-ring (bicyclic) bond motifs is 4. The van der Waals surface area contributed by atoms with Crippen LogP contribution in [0.1, 0.15) is 162 Å². The summed E-state index contributed by atoms with van der Waals surface area (Å²) in [6, 6.07) is 24.9. The minimum absolute atomic E-state index is 0.160. The van der Waals surface area contributed by atoms with Crippen molar-refractivity contribution in [1.29, 1.82) is 0 Å². The molecule has 11 nitrogen and oxygen atoms in total. The van der Waals surface area contributed by atoms with Crippen LogP contribution in [0, 0.1) is 21.7 Å². The third kappa shape index (κ3) is 24.3. The number of carbonyl (C=O) groups is 4. The van der Waals surface area contributed by atoms with E-state index >= 15 is 0 Å². The van der Waals surface area contributed by atoms with Crippen molar-refractivity contribution < 1.29 is 51.3 Å². The third-order valence-electron chi connectivity index (χ3n) is 11.4. The fourth-order valence-corrected chi connectivity index (χ4v) is 11.2. The van der Waals surface area contributed by atoms with Gasteiger partial charge < -0.3 is 28.5 Å². The van der Waals surface area contributed by atoms with Gasteiger partial charge in [-0.05, 0) is 129 Å². The molecule has 0 saturated heterocycles. The molecule has 9 rings (SSSR count). The number of ketones is 1. The molecule has 4 fully saturated rings. The highest BCUT2D eigenvalue weighted by Crippen LogP contribution is 2.73. The van der Waals surface area contributed by atoms with Crippen LogP contribution < -0.4 is 0 Å². The summed E-state index contributed by atoms with van der Waals surface area (Å²) in [6.45, 7) is 27.3. The first-order valence-corrected chi connectivity index (χ1v) is 27.7. The summed E-state index contributed by atoms with van der Waals surface area (Å²) in [5.74, 6) is -0.291. The first-order valence-electron chi connectivity index (χ1n) is 23.7. The van der Waals surface area contributed by atoms with Crippen molar-refractivity contribution in [3.05, 3.63) is 95.1 Å². The van der Waals surface area contributed by atoms with E-state index in [1.807, 2.05) is 44.6 Å². The Kier molecular flexibility index (Phi) is 29.7. The van der Waals surface area contributed by atoms with Gasteiger partial charge in [-0.3, -0.25) is 4.79 Å². The van der Waals surface area contributed by atoms with E-state index in [2.05, 4.69) is 123 Å². The lowest BCUT2D eigenvalue weighted by atomic mass is 9.37. The lowest BCUT2D eigenvalue weighted by molar-refractivity contribution is -0.176. The van der Waals surface area contributed by atoms with Gasteiger partial charge in [-0.25, -0.2) is 18.0 Å². The Morgan fingerprint density at radius 1 is 0.557 bits per heavy atom. The number of benzene rings is 3. The average Bonchev–Trinajstić information content (AvgIpc) is 3.60. The van der Waals surface area contributed by atoms with Gasteiger partial charge in [0.2, 0.25) is 0 Å². The number of hydrogen-bond acceptors (Lipinski definition) is 12. The first kappa shape index (κ1) is 67.9. The minimum Gasteiger partial charge on any atom is -0.469 e.